The van der Waals surface area contributed by atoms with E-state index in [-0.39, 0.29) is 12.5 Å². The van der Waals surface area contributed by atoms with Crippen molar-refractivity contribution in [2.75, 3.05) is 11.4 Å². The first-order chi connectivity index (χ1) is 8.08. The fraction of sp³-hybridized carbons (Fsp3) is 0.500. The molecule has 3 heteroatoms. The van der Waals surface area contributed by atoms with E-state index in [1.165, 1.54) is 16.8 Å². The maximum atomic E-state index is 10.8. The zero-order valence-electron chi connectivity index (χ0n) is 10.4. The second-order valence-electron chi connectivity index (χ2n) is 4.88. The first kappa shape index (κ1) is 12.0. The van der Waals surface area contributed by atoms with Gasteiger partial charge in [0.05, 0.1) is 6.42 Å². The van der Waals surface area contributed by atoms with Crippen LogP contribution in [0.5, 0.6) is 0 Å². The number of anilines is 1. The van der Waals surface area contributed by atoms with Crippen LogP contribution in [0.15, 0.2) is 18.2 Å². The maximum Gasteiger partial charge on any atom is 0.305 e. The van der Waals surface area contributed by atoms with E-state index in [1.54, 1.807) is 0 Å². The fourth-order valence-electron chi connectivity index (χ4n) is 2.69. The van der Waals surface area contributed by atoms with E-state index in [2.05, 4.69) is 36.9 Å². The number of benzene rings is 1. The van der Waals surface area contributed by atoms with Crippen molar-refractivity contribution in [1.29, 1.82) is 0 Å². The van der Waals surface area contributed by atoms with Gasteiger partial charge in [-0.15, -0.1) is 0 Å². The molecule has 0 bridgehead atoms. The van der Waals surface area contributed by atoms with Crippen molar-refractivity contribution in [3.05, 3.63) is 29.3 Å². The molecule has 1 aromatic rings. The summed E-state index contributed by atoms with van der Waals surface area (Å²) in [5.74, 6) is -0.702. The number of hydrogen-bond donors (Lipinski definition) is 1. The molecular formula is C14H19NO2. The van der Waals surface area contributed by atoms with Gasteiger partial charge in [-0.3, -0.25) is 4.79 Å². The number of nitrogens with zero attached hydrogens (tertiary/aromatic N) is 1. The minimum Gasteiger partial charge on any atom is -0.481 e. The second-order valence-corrected chi connectivity index (χ2v) is 4.88. The maximum absolute atomic E-state index is 10.8. The van der Waals surface area contributed by atoms with E-state index in [9.17, 15) is 4.79 Å². The monoisotopic (exact) mass is 233 g/mol. The van der Waals surface area contributed by atoms with Gasteiger partial charge in [0.1, 0.15) is 0 Å². The van der Waals surface area contributed by atoms with Crippen molar-refractivity contribution in [1.82, 2.24) is 0 Å². The first-order valence-corrected chi connectivity index (χ1v) is 6.13. The Morgan fingerprint density at radius 3 is 2.88 bits per heavy atom. The zero-order chi connectivity index (χ0) is 12.4. The van der Waals surface area contributed by atoms with Gasteiger partial charge in [0.2, 0.25) is 0 Å². The average molecular weight is 233 g/mol. The third kappa shape index (κ3) is 2.60. The molecule has 3 nitrogen and oxygen atoms in total. The summed E-state index contributed by atoms with van der Waals surface area (Å²) in [5.41, 5.74) is 3.68. The first-order valence-electron chi connectivity index (χ1n) is 6.13. The Bertz CT molecular complexity index is 428. The lowest BCUT2D eigenvalue weighted by Gasteiger charge is -2.27. The number of aliphatic carboxylic acids is 1. The number of carboxylic acids is 1. The Balaban J connectivity index is 2.23. The third-order valence-electron chi connectivity index (χ3n) is 3.45. The molecule has 1 heterocycles. The molecule has 0 radical (unpaired) electrons. The molecule has 17 heavy (non-hydrogen) atoms. The van der Waals surface area contributed by atoms with Gasteiger partial charge in [-0.05, 0) is 38.3 Å². The molecule has 1 unspecified atom stereocenters. The number of carbonyl (C=O) groups is 1. The van der Waals surface area contributed by atoms with Gasteiger partial charge < -0.3 is 10.0 Å². The molecule has 1 aliphatic heterocycles. The molecule has 1 fully saturated rings. The highest BCUT2D eigenvalue weighted by molar-refractivity contribution is 5.69. The molecule has 1 aromatic carbocycles. The highest BCUT2D eigenvalue weighted by atomic mass is 16.4. The van der Waals surface area contributed by atoms with Gasteiger partial charge in [-0.2, -0.15) is 0 Å². The van der Waals surface area contributed by atoms with E-state index in [0.717, 1.165) is 19.4 Å². The molecule has 1 N–H and O–H groups in total. The second kappa shape index (κ2) is 4.78. The number of carboxylic acid groups (broad SMARTS) is 1. The molecule has 0 spiro atoms. The van der Waals surface area contributed by atoms with Crippen LogP contribution in [0, 0.1) is 13.8 Å². The molecule has 0 saturated carbocycles. The van der Waals surface area contributed by atoms with Crippen molar-refractivity contribution in [3.63, 3.8) is 0 Å². The van der Waals surface area contributed by atoms with Gasteiger partial charge in [-0.1, -0.05) is 17.7 Å². The summed E-state index contributed by atoms with van der Waals surface area (Å²) in [4.78, 5) is 13.1. The molecule has 0 aromatic heterocycles. The lowest BCUT2D eigenvalue weighted by Crippen LogP contribution is -2.31. The number of aryl methyl sites for hydroxylation is 2. The highest BCUT2D eigenvalue weighted by Crippen LogP contribution is 2.30. The Morgan fingerprint density at radius 2 is 2.24 bits per heavy atom. The Kier molecular flexibility index (Phi) is 3.36. The lowest BCUT2D eigenvalue weighted by atomic mass is 10.1. The largest absolute Gasteiger partial charge is 0.481 e. The van der Waals surface area contributed by atoms with Crippen molar-refractivity contribution in [2.45, 2.75) is 39.2 Å². The topological polar surface area (TPSA) is 40.5 Å². The van der Waals surface area contributed by atoms with Gasteiger partial charge in [0.25, 0.3) is 0 Å². The van der Waals surface area contributed by atoms with Crippen LogP contribution in [-0.4, -0.2) is 23.7 Å². The van der Waals surface area contributed by atoms with Gasteiger partial charge in [0, 0.05) is 18.3 Å². The smallest absolute Gasteiger partial charge is 0.305 e. The summed E-state index contributed by atoms with van der Waals surface area (Å²) >= 11 is 0. The Hall–Kier alpha value is -1.51. The normalized spacial score (nSPS) is 19.6. The minimum absolute atomic E-state index is 0.161. The zero-order valence-corrected chi connectivity index (χ0v) is 10.4. The Morgan fingerprint density at radius 1 is 1.47 bits per heavy atom. The van der Waals surface area contributed by atoms with Crippen molar-refractivity contribution in [2.24, 2.45) is 0 Å². The predicted molar refractivity (Wildman–Crippen MR) is 68.5 cm³/mol. The van der Waals surface area contributed by atoms with Crippen LogP contribution in [0.25, 0.3) is 0 Å². The van der Waals surface area contributed by atoms with Crippen LogP contribution in [0.3, 0.4) is 0 Å². The minimum atomic E-state index is -0.702. The van der Waals surface area contributed by atoms with E-state index < -0.39 is 5.97 Å². The van der Waals surface area contributed by atoms with E-state index in [4.69, 9.17) is 5.11 Å². The summed E-state index contributed by atoms with van der Waals surface area (Å²) in [6.45, 7) is 5.15. The summed E-state index contributed by atoms with van der Waals surface area (Å²) in [6, 6.07) is 6.53. The standard InChI is InChI=1S/C14H19NO2/c1-10-5-6-13(11(2)8-10)15-7-3-4-12(15)9-14(16)17/h5-6,8,12H,3-4,7,9H2,1-2H3,(H,16,17). The highest BCUT2D eigenvalue weighted by Gasteiger charge is 2.27. The molecule has 1 atom stereocenters. The average Bonchev–Trinajstić information content (AvgIpc) is 2.65. The summed E-state index contributed by atoms with van der Waals surface area (Å²) in [5, 5.41) is 8.93. The molecule has 0 aliphatic carbocycles. The molecule has 1 aliphatic rings. The molecule has 1 saturated heterocycles. The SMILES string of the molecule is Cc1ccc(N2CCCC2CC(=O)O)c(C)c1. The van der Waals surface area contributed by atoms with Gasteiger partial charge in [-0.25, -0.2) is 0 Å². The summed E-state index contributed by atoms with van der Waals surface area (Å²) in [6.07, 6.45) is 2.32. The van der Waals surface area contributed by atoms with Crippen molar-refractivity contribution >= 4 is 11.7 Å². The van der Waals surface area contributed by atoms with Crippen LogP contribution in [-0.2, 0) is 4.79 Å². The van der Waals surface area contributed by atoms with Crippen LogP contribution < -0.4 is 4.90 Å². The van der Waals surface area contributed by atoms with Crippen LogP contribution in [0.2, 0.25) is 0 Å². The lowest BCUT2D eigenvalue weighted by molar-refractivity contribution is -0.137. The Labute approximate surface area is 102 Å². The molecule has 92 valence electrons. The van der Waals surface area contributed by atoms with Crippen molar-refractivity contribution < 1.29 is 9.90 Å². The van der Waals surface area contributed by atoms with Gasteiger partial charge in [0.15, 0.2) is 0 Å². The van der Waals surface area contributed by atoms with Crippen molar-refractivity contribution in [3.8, 4) is 0 Å². The summed E-state index contributed by atoms with van der Waals surface area (Å²) < 4.78 is 0. The van der Waals surface area contributed by atoms with E-state index in [1.807, 2.05) is 0 Å². The third-order valence-corrected chi connectivity index (χ3v) is 3.45. The summed E-state index contributed by atoms with van der Waals surface area (Å²) in [7, 11) is 0. The molecule has 0 amide bonds. The molecule has 2 rings (SSSR count). The van der Waals surface area contributed by atoms with E-state index in [0.29, 0.717) is 0 Å². The van der Waals surface area contributed by atoms with Crippen LogP contribution >= 0.6 is 0 Å². The quantitative estimate of drug-likeness (QED) is 0.872. The van der Waals surface area contributed by atoms with Gasteiger partial charge >= 0.3 is 5.97 Å². The number of hydrogen-bond acceptors (Lipinski definition) is 2. The van der Waals surface area contributed by atoms with E-state index >= 15 is 0 Å². The molecular weight excluding hydrogens is 214 g/mol. The predicted octanol–water partition coefficient (Wildman–Crippen LogP) is 2.75. The van der Waals surface area contributed by atoms with Crippen LogP contribution in [0.1, 0.15) is 30.4 Å². The fourth-order valence-corrected chi connectivity index (χ4v) is 2.69. The number of rotatable bonds is 3. The van der Waals surface area contributed by atoms with Crippen LogP contribution in [0.4, 0.5) is 5.69 Å².